The van der Waals surface area contributed by atoms with Crippen LogP contribution in [0.5, 0.6) is 5.75 Å². The summed E-state index contributed by atoms with van der Waals surface area (Å²) < 4.78 is 52.2. The van der Waals surface area contributed by atoms with Gasteiger partial charge in [-0.15, -0.1) is 0 Å². The van der Waals surface area contributed by atoms with Crippen LogP contribution in [0.15, 0.2) is 60.0 Å². The number of aromatic nitrogens is 6. The summed E-state index contributed by atoms with van der Waals surface area (Å²) >= 11 is 0. The van der Waals surface area contributed by atoms with E-state index >= 15 is 0 Å². The van der Waals surface area contributed by atoms with Gasteiger partial charge in [-0.1, -0.05) is 12.1 Å². The number of fused-ring (bicyclic) bond motifs is 1. The molecule has 1 saturated heterocycles. The van der Waals surface area contributed by atoms with Gasteiger partial charge in [0.1, 0.15) is 12.4 Å². The van der Waals surface area contributed by atoms with E-state index in [0.29, 0.717) is 49.3 Å². The molecule has 1 aliphatic heterocycles. The second-order valence-corrected chi connectivity index (χ2v) is 10.3. The number of anilines is 1. The SMILES string of the molecule is COc1ccc(Cn2ncc3c(c(C)nn3C(C)CO/C=C/C(=O)N3CCN(c4ncc(C(F)(F)F)cn4)CC3)c2=O)cc1. The zero-order valence-electron chi connectivity index (χ0n) is 24.4. The molecule has 44 heavy (non-hydrogen) atoms. The molecule has 1 aromatic carbocycles. The molecule has 0 bridgehead atoms. The van der Waals surface area contributed by atoms with E-state index in [0.717, 1.165) is 23.7 Å². The molecule has 4 aromatic rings. The van der Waals surface area contributed by atoms with E-state index in [9.17, 15) is 22.8 Å². The number of alkyl halides is 3. The van der Waals surface area contributed by atoms with Crippen LogP contribution in [0.25, 0.3) is 10.9 Å². The molecule has 15 heteroatoms. The average Bonchev–Trinajstić information content (AvgIpc) is 3.37. The first-order valence-electron chi connectivity index (χ1n) is 13.8. The largest absolute Gasteiger partial charge is 0.499 e. The molecular formula is C29H31F3N8O4. The number of piperazine rings is 1. The van der Waals surface area contributed by atoms with Crippen molar-refractivity contribution in [2.45, 2.75) is 32.6 Å². The Morgan fingerprint density at radius 1 is 1.07 bits per heavy atom. The Hall–Kier alpha value is -4.95. The maximum Gasteiger partial charge on any atom is 0.419 e. The number of nitrogens with zero attached hydrogens (tertiary/aromatic N) is 8. The topological polar surface area (TPSA) is 120 Å². The molecule has 3 aromatic heterocycles. The number of ether oxygens (including phenoxy) is 2. The van der Waals surface area contributed by atoms with Gasteiger partial charge in [-0.2, -0.15) is 23.4 Å². The lowest BCUT2D eigenvalue weighted by atomic mass is 10.2. The van der Waals surface area contributed by atoms with Crippen LogP contribution in [0, 0.1) is 6.92 Å². The Balaban J connectivity index is 1.14. The number of rotatable bonds is 9. The number of hydrogen-bond acceptors (Lipinski definition) is 9. The summed E-state index contributed by atoms with van der Waals surface area (Å²) in [5, 5.41) is 9.39. The van der Waals surface area contributed by atoms with E-state index in [1.807, 2.05) is 31.2 Å². The minimum Gasteiger partial charge on any atom is -0.499 e. The fraction of sp³-hybridized carbons (Fsp3) is 0.379. The summed E-state index contributed by atoms with van der Waals surface area (Å²) in [7, 11) is 1.59. The molecule has 1 amide bonds. The van der Waals surface area contributed by atoms with Gasteiger partial charge < -0.3 is 19.3 Å². The lowest BCUT2D eigenvalue weighted by Crippen LogP contribution is -2.48. The van der Waals surface area contributed by atoms with Crippen molar-refractivity contribution >= 4 is 22.8 Å². The first-order valence-corrected chi connectivity index (χ1v) is 13.8. The standard InChI is InChI=1S/C29H31F3N8O4/c1-19(40-24-16-35-39(27(42)26(24)20(2)36-40)17-21-4-6-23(43-3)7-5-21)18-44-13-8-25(41)37-9-11-38(12-10-37)28-33-14-22(15-34-28)29(30,31)32/h4-8,13-16,19H,9-12,17-18H2,1-3H3/b13-8+. The number of halogens is 3. The van der Waals surface area contributed by atoms with Crippen molar-refractivity contribution in [1.82, 2.24) is 34.4 Å². The van der Waals surface area contributed by atoms with E-state index in [1.54, 1.807) is 34.7 Å². The van der Waals surface area contributed by atoms with Crippen LogP contribution in [0.1, 0.15) is 29.8 Å². The number of aryl methyl sites for hydroxylation is 1. The number of carbonyl (C=O) groups excluding carboxylic acids is 1. The van der Waals surface area contributed by atoms with Crippen molar-refractivity contribution in [3.05, 3.63) is 82.4 Å². The molecule has 4 heterocycles. The van der Waals surface area contributed by atoms with E-state index < -0.39 is 11.7 Å². The third-order valence-corrected chi connectivity index (χ3v) is 7.28. The van der Waals surface area contributed by atoms with Crippen LogP contribution < -0.4 is 15.2 Å². The summed E-state index contributed by atoms with van der Waals surface area (Å²) in [5.74, 6) is 0.656. The minimum absolute atomic E-state index is 0.186. The zero-order valence-corrected chi connectivity index (χ0v) is 24.4. The van der Waals surface area contributed by atoms with Gasteiger partial charge in [-0.25, -0.2) is 14.6 Å². The lowest BCUT2D eigenvalue weighted by molar-refractivity contribution is -0.138. The van der Waals surface area contributed by atoms with Gasteiger partial charge in [-0.05, 0) is 31.5 Å². The number of hydrogen-bond donors (Lipinski definition) is 0. The lowest BCUT2D eigenvalue weighted by Gasteiger charge is -2.34. The molecule has 1 aliphatic rings. The first kappa shape index (κ1) is 30.5. The smallest absolute Gasteiger partial charge is 0.419 e. The highest BCUT2D eigenvalue weighted by molar-refractivity contribution is 5.87. The first-order chi connectivity index (χ1) is 21.0. The quantitative estimate of drug-likeness (QED) is 0.207. The number of methoxy groups -OCH3 is 1. The fourth-order valence-electron chi connectivity index (χ4n) is 4.85. The average molecular weight is 613 g/mol. The van der Waals surface area contributed by atoms with Gasteiger partial charge in [0, 0.05) is 44.6 Å². The van der Waals surface area contributed by atoms with Gasteiger partial charge in [0.25, 0.3) is 5.56 Å². The van der Waals surface area contributed by atoms with Crippen molar-refractivity contribution in [1.29, 1.82) is 0 Å². The normalized spacial score (nSPS) is 14.8. The predicted molar refractivity (Wildman–Crippen MR) is 154 cm³/mol. The number of carbonyl (C=O) groups is 1. The summed E-state index contributed by atoms with van der Waals surface area (Å²) in [5.41, 5.74) is 0.915. The van der Waals surface area contributed by atoms with Crippen LogP contribution in [-0.4, -0.2) is 80.2 Å². The summed E-state index contributed by atoms with van der Waals surface area (Å²) in [4.78, 5) is 36.8. The van der Waals surface area contributed by atoms with Crippen LogP contribution in [-0.2, 0) is 22.3 Å². The number of amides is 1. The van der Waals surface area contributed by atoms with Gasteiger partial charge in [-0.3, -0.25) is 14.3 Å². The van der Waals surface area contributed by atoms with E-state index in [2.05, 4.69) is 20.2 Å². The molecule has 1 atom stereocenters. The molecule has 0 saturated carbocycles. The second-order valence-electron chi connectivity index (χ2n) is 10.3. The molecule has 0 N–H and O–H groups in total. The third-order valence-electron chi connectivity index (χ3n) is 7.28. The van der Waals surface area contributed by atoms with Crippen LogP contribution in [0.2, 0.25) is 0 Å². The van der Waals surface area contributed by atoms with Gasteiger partial charge in [0.05, 0.1) is 54.3 Å². The van der Waals surface area contributed by atoms with Gasteiger partial charge in [0.2, 0.25) is 11.9 Å². The molecule has 0 radical (unpaired) electrons. The second kappa shape index (κ2) is 12.7. The molecule has 5 rings (SSSR count). The van der Waals surface area contributed by atoms with Gasteiger partial charge in [0.15, 0.2) is 0 Å². The molecular weight excluding hydrogens is 581 g/mol. The summed E-state index contributed by atoms with van der Waals surface area (Å²) in [6, 6.07) is 7.15. The molecule has 0 spiro atoms. The Kier molecular flexibility index (Phi) is 8.83. The minimum atomic E-state index is -4.50. The Labute approximate surface area is 250 Å². The highest BCUT2D eigenvalue weighted by Crippen LogP contribution is 2.28. The zero-order chi connectivity index (χ0) is 31.4. The van der Waals surface area contributed by atoms with E-state index in [-0.39, 0.29) is 30.1 Å². The third kappa shape index (κ3) is 6.66. The number of benzene rings is 1. The van der Waals surface area contributed by atoms with Crippen LogP contribution >= 0.6 is 0 Å². The molecule has 1 fully saturated rings. The van der Waals surface area contributed by atoms with E-state index in [1.165, 1.54) is 17.0 Å². The van der Waals surface area contributed by atoms with Crippen molar-refractivity contribution in [3.8, 4) is 5.75 Å². The van der Waals surface area contributed by atoms with Gasteiger partial charge >= 0.3 is 6.18 Å². The van der Waals surface area contributed by atoms with Crippen molar-refractivity contribution in [2.24, 2.45) is 0 Å². The molecule has 232 valence electrons. The highest BCUT2D eigenvalue weighted by atomic mass is 19.4. The van der Waals surface area contributed by atoms with Crippen molar-refractivity contribution < 1.29 is 27.4 Å². The van der Waals surface area contributed by atoms with Crippen LogP contribution in [0.3, 0.4) is 0 Å². The maximum absolute atomic E-state index is 13.2. The monoisotopic (exact) mass is 612 g/mol. The Morgan fingerprint density at radius 2 is 1.75 bits per heavy atom. The summed E-state index contributed by atoms with van der Waals surface area (Å²) in [6.07, 6.45) is 1.27. The van der Waals surface area contributed by atoms with E-state index in [4.69, 9.17) is 9.47 Å². The fourth-order valence-corrected chi connectivity index (χ4v) is 4.85. The Bertz CT molecular complexity index is 1690. The molecule has 0 aliphatic carbocycles. The van der Waals surface area contributed by atoms with Crippen LogP contribution in [0.4, 0.5) is 19.1 Å². The highest BCUT2D eigenvalue weighted by Gasteiger charge is 2.32. The molecule has 12 nitrogen and oxygen atoms in total. The summed E-state index contributed by atoms with van der Waals surface area (Å²) in [6.45, 7) is 5.61. The maximum atomic E-state index is 13.2. The Morgan fingerprint density at radius 3 is 2.39 bits per heavy atom. The predicted octanol–water partition coefficient (Wildman–Crippen LogP) is 3.21. The van der Waals surface area contributed by atoms with Crippen molar-refractivity contribution in [3.63, 3.8) is 0 Å². The molecule has 1 unspecified atom stereocenters. The van der Waals surface area contributed by atoms with Crippen molar-refractivity contribution in [2.75, 3.05) is 44.8 Å².